The number of anilines is 2. The Bertz CT molecular complexity index is 2220. The SMILES string of the molecule is CC1(C)C(NC(=O)c2ccc(NC3CCN(C4CCN(c5ccc6c(c5)C(=O)N(C5CCC(=O)NC5=O)C6=O)CC4)CC3)cc2)C(C)(C)C1Oc1ccc(C#N)c(Cl)c1. The molecule has 59 heavy (non-hydrogen) atoms. The molecule has 1 unspecified atom stereocenters. The Morgan fingerprint density at radius 3 is 2.17 bits per heavy atom. The third kappa shape index (κ3) is 7.53. The maximum atomic E-state index is 13.5. The summed E-state index contributed by atoms with van der Waals surface area (Å²) in [5.41, 5.74) is 2.76. The fourth-order valence-electron chi connectivity index (χ4n) is 10.3. The maximum absolute atomic E-state index is 13.5. The molecule has 3 aromatic rings. The molecular formula is C45H50ClN7O6. The van der Waals surface area contributed by atoms with Crippen LogP contribution in [0.15, 0.2) is 60.7 Å². The van der Waals surface area contributed by atoms with E-state index in [4.69, 9.17) is 16.3 Å². The number of fused-ring (bicyclic) bond motifs is 1. The van der Waals surface area contributed by atoms with Crippen LogP contribution in [-0.4, -0.2) is 95.8 Å². The molecule has 8 rings (SSSR count). The molecule has 5 aliphatic rings. The van der Waals surface area contributed by atoms with Gasteiger partial charge in [0.2, 0.25) is 11.8 Å². The largest absolute Gasteiger partial charge is 0.489 e. The second-order valence-corrected chi connectivity index (χ2v) is 18.1. The van der Waals surface area contributed by atoms with Gasteiger partial charge < -0.3 is 25.2 Å². The molecule has 14 heteroatoms. The monoisotopic (exact) mass is 819 g/mol. The van der Waals surface area contributed by atoms with Crippen LogP contribution >= 0.6 is 11.6 Å². The number of carbonyl (C=O) groups excluding carboxylic acids is 5. The molecule has 3 aromatic carbocycles. The highest BCUT2D eigenvalue weighted by Gasteiger charge is 2.64. The molecule has 308 valence electrons. The number of benzene rings is 3. The zero-order valence-electron chi connectivity index (χ0n) is 33.8. The third-order valence-corrected chi connectivity index (χ3v) is 13.6. The number of likely N-dealkylation sites (tertiary alicyclic amines) is 1. The predicted octanol–water partition coefficient (Wildman–Crippen LogP) is 5.77. The first-order valence-electron chi connectivity index (χ1n) is 20.5. The fourth-order valence-corrected chi connectivity index (χ4v) is 10.5. The average molecular weight is 820 g/mol. The molecule has 4 heterocycles. The first-order chi connectivity index (χ1) is 28.1. The van der Waals surface area contributed by atoms with Crippen LogP contribution in [0, 0.1) is 22.2 Å². The van der Waals surface area contributed by atoms with Crippen LogP contribution in [0.1, 0.15) is 103 Å². The number of amides is 5. The summed E-state index contributed by atoms with van der Waals surface area (Å²) < 4.78 is 6.38. The summed E-state index contributed by atoms with van der Waals surface area (Å²) in [7, 11) is 0. The minimum absolute atomic E-state index is 0.0899. The van der Waals surface area contributed by atoms with E-state index in [0.717, 1.165) is 68.1 Å². The molecule has 4 fully saturated rings. The van der Waals surface area contributed by atoms with Crippen molar-refractivity contribution in [3.63, 3.8) is 0 Å². The molecule has 1 aliphatic carbocycles. The summed E-state index contributed by atoms with van der Waals surface area (Å²) >= 11 is 6.25. The van der Waals surface area contributed by atoms with Crippen LogP contribution in [0.4, 0.5) is 11.4 Å². The highest BCUT2D eigenvalue weighted by atomic mass is 35.5. The highest BCUT2D eigenvalue weighted by Crippen LogP contribution is 2.55. The van der Waals surface area contributed by atoms with E-state index in [0.29, 0.717) is 45.1 Å². The van der Waals surface area contributed by atoms with E-state index in [1.165, 1.54) is 0 Å². The zero-order valence-corrected chi connectivity index (χ0v) is 34.6. The molecule has 0 spiro atoms. The van der Waals surface area contributed by atoms with Crippen LogP contribution in [0.3, 0.4) is 0 Å². The van der Waals surface area contributed by atoms with E-state index < -0.39 is 29.7 Å². The molecule has 5 amide bonds. The van der Waals surface area contributed by atoms with Crippen LogP contribution in [0.2, 0.25) is 5.02 Å². The lowest BCUT2D eigenvalue weighted by molar-refractivity contribution is -0.164. The molecule has 0 radical (unpaired) electrons. The van der Waals surface area contributed by atoms with Crippen LogP contribution in [0.25, 0.3) is 0 Å². The molecule has 13 nitrogen and oxygen atoms in total. The van der Waals surface area contributed by atoms with Gasteiger partial charge in [0.1, 0.15) is 24.0 Å². The normalized spacial score (nSPS) is 24.5. The van der Waals surface area contributed by atoms with E-state index in [1.54, 1.807) is 30.3 Å². The summed E-state index contributed by atoms with van der Waals surface area (Å²) in [6.07, 6.45) is 4.04. The third-order valence-electron chi connectivity index (χ3n) is 13.2. The van der Waals surface area contributed by atoms with Gasteiger partial charge in [-0.1, -0.05) is 39.3 Å². The van der Waals surface area contributed by atoms with E-state index >= 15 is 0 Å². The number of hydrogen-bond acceptors (Lipinski definition) is 10. The molecule has 1 saturated carbocycles. The number of nitrogens with one attached hydrogen (secondary N) is 3. The van der Waals surface area contributed by atoms with Crippen molar-refractivity contribution in [1.82, 2.24) is 20.4 Å². The minimum atomic E-state index is -0.975. The topological polar surface area (TPSA) is 164 Å². The van der Waals surface area contributed by atoms with Crippen molar-refractivity contribution in [3.8, 4) is 11.8 Å². The van der Waals surface area contributed by atoms with E-state index in [1.807, 2.05) is 30.3 Å². The Hall–Kier alpha value is -5.45. The molecule has 0 aromatic heterocycles. The van der Waals surface area contributed by atoms with E-state index in [9.17, 15) is 29.2 Å². The number of imide groups is 2. The van der Waals surface area contributed by atoms with Gasteiger partial charge in [0.15, 0.2) is 0 Å². The van der Waals surface area contributed by atoms with Crippen molar-refractivity contribution >= 4 is 52.5 Å². The van der Waals surface area contributed by atoms with Gasteiger partial charge in [-0.05, 0) is 86.7 Å². The van der Waals surface area contributed by atoms with E-state index in [2.05, 4.69) is 59.5 Å². The first-order valence-corrected chi connectivity index (χ1v) is 20.9. The van der Waals surface area contributed by atoms with Gasteiger partial charge in [-0.25, -0.2) is 0 Å². The van der Waals surface area contributed by atoms with E-state index in [-0.39, 0.29) is 41.7 Å². The standard InChI is InChI=1S/C45H50ClN7O6/c1-44(2)42(45(3,4)43(44)59-32-11-7-27(25-47)35(46)24-32)50-38(55)26-5-8-28(9-6-26)48-29-15-19-51(20-16-29)30-17-21-52(22-18-30)31-10-12-33-34(23-31)41(58)53(40(33)57)36-13-14-37(54)49-39(36)56/h5-12,23-24,29-30,36,42-43,48H,13-22H2,1-4H3,(H,50,55)(H,49,54,56). The predicted molar refractivity (Wildman–Crippen MR) is 222 cm³/mol. The summed E-state index contributed by atoms with van der Waals surface area (Å²) in [5, 5.41) is 18.8. The van der Waals surface area contributed by atoms with Crippen molar-refractivity contribution < 1.29 is 28.7 Å². The number of rotatable bonds is 9. The lowest BCUT2D eigenvalue weighted by Crippen LogP contribution is -2.74. The van der Waals surface area contributed by atoms with Crippen molar-refractivity contribution in [3.05, 3.63) is 87.9 Å². The lowest BCUT2D eigenvalue weighted by Gasteiger charge is -2.63. The number of hydrogen-bond donors (Lipinski definition) is 3. The van der Waals surface area contributed by atoms with Gasteiger partial charge in [0, 0.05) is 84.6 Å². The molecule has 1 atom stereocenters. The number of ether oxygens (including phenoxy) is 1. The van der Waals surface area contributed by atoms with Crippen molar-refractivity contribution in [1.29, 1.82) is 5.26 Å². The average Bonchev–Trinajstić information content (AvgIpc) is 3.47. The second kappa shape index (κ2) is 15.6. The Balaban J connectivity index is 0.789. The number of halogens is 1. The molecule has 3 N–H and O–H groups in total. The number of nitrogens with zero attached hydrogens (tertiary/aromatic N) is 4. The van der Waals surface area contributed by atoms with Crippen LogP contribution in [0.5, 0.6) is 5.75 Å². The lowest BCUT2D eigenvalue weighted by atomic mass is 9.49. The highest BCUT2D eigenvalue weighted by molar-refractivity contribution is 6.31. The fraction of sp³-hybridized carbons (Fsp3) is 0.467. The number of piperidine rings is 3. The number of carbonyl (C=O) groups is 5. The Labute approximate surface area is 349 Å². The summed E-state index contributed by atoms with van der Waals surface area (Å²) in [5.74, 6) is -1.51. The summed E-state index contributed by atoms with van der Waals surface area (Å²) in [4.78, 5) is 69.9. The Morgan fingerprint density at radius 1 is 0.847 bits per heavy atom. The van der Waals surface area contributed by atoms with Gasteiger partial charge in [0.25, 0.3) is 17.7 Å². The van der Waals surface area contributed by atoms with Crippen molar-refractivity contribution in [2.75, 3.05) is 36.4 Å². The van der Waals surface area contributed by atoms with Gasteiger partial charge >= 0.3 is 0 Å². The Kier molecular flexibility index (Phi) is 10.7. The minimum Gasteiger partial charge on any atom is -0.489 e. The quantitative estimate of drug-likeness (QED) is 0.226. The second-order valence-electron chi connectivity index (χ2n) is 17.7. The van der Waals surface area contributed by atoms with Gasteiger partial charge in [-0.15, -0.1) is 0 Å². The van der Waals surface area contributed by atoms with Gasteiger partial charge in [-0.3, -0.25) is 34.2 Å². The molecule has 0 bridgehead atoms. The molecule has 3 saturated heterocycles. The van der Waals surface area contributed by atoms with Crippen molar-refractivity contribution in [2.45, 2.75) is 96.5 Å². The summed E-state index contributed by atoms with van der Waals surface area (Å²) in [6, 6.07) is 19.9. The maximum Gasteiger partial charge on any atom is 0.262 e. The van der Waals surface area contributed by atoms with Gasteiger partial charge in [0.05, 0.1) is 21.7 Å². The summed E-state index contributed by atoms with van der Waals surface area (Å²) in [6.45, 7) is 12.0. The Morgan fingerprint density at radius 2 is 1.53 bits per heavy atom. The number of nitriles is 1. The van der Waals surface area contributed by atoms with Crippen LogP contribution in [-0.2, 0) is 9.59 Å². The first kappa shape index (κ1) is 40.3. The van der Waals surface area contributed by atoms with Crippen molar-refractivity contribution in [2.24, 2.45) is 10.8 Å². The zero-order chi connectivity index (χ0) is 41.8. The smallest absolute Gasteiger partial charge is 0.262 e. The molecular weight excluding hydrogens is 770 g/mol. The van der Waals surface area contributed by atoms with Gasteiger partial charge in [-0.2, -0.15) is 5.26 Å². The molecule has 4 aliphatic heterocycles. The van der Waals surface area contributed by atoms with Crippen LogP contribution < -0.4 is 25.6 Å².